The Bertz CT molecular complexity index is 127. The number of rotatable bonds is 0. The molecule has 43 valence electrons. The van der Waals surface area contributed by atoms with E-state index in [1.807, 2.05) is 0 Å². The second-order valence-corrected chi connectivity index (χ2v) is 1.24. The van der Waals surface area contributed by atoms with Crippen LogP contribution in [0.25, 0.3) is 0 Å². The van der Waals surface area contributed by atoms with E-state index in [9.17, 15) is 13.6 Å². The van der Waals surface area contributed by atoms with Gasteiger partial charge in [-0.2, -0.15) is 8.78 Å². The molecule has 1 saturated heterocycles. The summed E-state index contributed by atoms with van der Waals surface area (Å²) in [5.41, 5.74) is 0. The number of nitrogens with one attached hydrogen (secondary N) is 1. The summed E-state index contributed by atoms with van der Waals surface area (Å²) in [5, 5.41) is 1.42. The van der Waals surface area contributed by atoms with Crippen molar-refractivity contribution < 1.29 is 18.2 Å². The van der Waals surface area contributed by atoms with Crippen LogP contribution in [0.5, 0.6) is 0 Å². The summed E-state index contributed by atoms with van der Waals surface area (Å²) in [6, 6.07) is -3.51. The highest BCUT2D eigenvalue weighted by molar-refractivity contribution is 6.31. The molecule has 1 aliphatic heterocycles. The second-order valence-electron chi connectivity index (χ2n) is 1.24. The highest BCUT2D eigenvalue weighted by Crippen LogP contribution is 2.13. The first kappa shape index (κ1) is 5.49. The van der Waals surface area contributed by atoms with Crippen molar-refractivity contribution in [1.82, 2.24) is 5.23 Å². The average molecular weight is 120 g/mol. The Morgan fingerprint density at radius 3 is 2.50 bits per heavy atom. The van der Waals surface area contributed by atoms with Gasteiger partial charge in [-0.1, -0.05) is 0 Å². The lowest BCUT2D eigenvalue weighted by atomic mass is 10.3. The average Bonchev–Trinajstić information content (AvgIpc) is 1.86. The zero-order valence-electron chi connectivity index (χ0n) is 3.65. The van der Waals surface area contributed by atoms with Crippen LogP contribution in [-0.2, 0) is 9.45 Å². The lowest BCUT2D eigenvalue weighted by molar-refractivity contribution is -0.156. The first-order chi connectivity index (χ1) is 3.63. The molecular weight excluding hydrogens is 119 g/mol. The van der Waals surface area contributed by atoms with Crippen molar-refractivity contribution in [1.29, 1.82) is 0 Å². The fourth-order valence-electron chi connectivity index (χ4n) is 0.290. The summed E-state index contributed by atoms with van der Waals surface area (Å²) in [7, 11) is 0.558. The number of carbonyl (C=O) groups is 1. The molecule has 6 heteroatoms. The third-order valence-corrected chi connectivity index (χ3v) is 0.663. The van der Waals surface area contributed by atoms with Crippen LogP contribution in [-0.4, -0.2) is 19.6 Å². The largest absolute Gasteiger partial charge is 0.516 e. The van der Waals surface area contributed by atoms with E-state index in [0.717, 1.165) is 0 Å². The molecule has 0 aromatic heterocycles. The predicted octanol–water partition coefficient (Wildman–Crippen LogP) is -0.740. The molecule has 1 aliphatic rings. The monoisotopic (exact) mass is 120 g/mol. The topological polar surface area (TPSA) is 38.3 Å². The zero-order chi connectivity index (χ0) is 6.20. The van der Waals surface area contributed by atoms with Crippen molar-refractivity contribution >= 4 is 13.6 Å². The summed E-state index contributed by atoms with van der Waals surface area (Å²) in [5.74, 6) is -1.56. The van der Waals surface area contributed by atoms with Gasteiger partial charge in [-0.25, -0.2) is 4.79 Å². The van der Waals surface area contributed by atoms with Crippen molar-refractivity contribution in [2.24, 2.45) is 0 Å². The molecule has 1 rings (SSSR count). The zero-order valence-corrected chi connectivity index (χ0v) is 3.65. The SMILES string of the molecule is O=C1O[B]NC1(F)F. The van der Waals surface area contributed by atoms with Crippen LogP contribution >= 0.6 is 0 Å². The summed E-state index contributed by atoms with van der Waals surface area (Å²) in [4.78, 5) is 9.83. The maximum atomic E-state index is 11.7. The summed E-state index contributed by atoms with van der Waals surface area (Å²) in [6.45, 7) is 0. The van der Waals surface area contributed by atoms with Crippen molar-refractivity contribution in [3.8, 4) is 0 Å². The minimum Gasteiger partial charge on any atom is -0.516 e. The molecule has 0 unspecified atom stereocenters. The summed E-state index contributed by atoms with van der Waals surface area (Å²) in [6.07, 6.45) is 0. The molecule has 0 bridgehead atoms. The molecule has 8 heavy (non-hydrogen) atoms. The molecule has 1 heterocycles. The van der Waals surface area contributed by atoms with Gasteiger partial charge in [0.15, 0.2) is 0 Å². The first-order valence-corrected chi connectivity index (χ1v) is 1.81. The van der Waals surface area contributed by atoms with Crippen molar-refractivity contribution in [3.05, 3.63) is 0 Å². The molecule has 1 radical (unpaired) electrons. The van der Waals surface area contributed by atoms with Gasteiger partial charge in [0, 0.05) is 0 Å². The molecule has 0 atom stereocenters. The fraction of sp³-hybridized carbons (Fsp3) is 0.500. The summed E-state index contributed by atoms with van der Waals surface area (Å²) >= 11 is 0. The third-order valence-electron chi connectivity index (χ3n) is 0.663. The van der Waals surface area contributed by atoms with Crippen LogP contribution in [0.2, 0.25) is 0 Å². The van der Waals surface area contributed by atoms with Gasteiger partial charge in [0.1, 0.15) is 0 Å². The van der Waals surface area contributed by atoms with E-state index < -0.39 is 12.0 Å². The van der Waals surface area contributed by atoms with Crippen molar-refractivity contribution in [2.75, 3.05) is 0 Å². The van der Waals surface area contributed by atoms with Gasteiger partial charge >= 0.3 is 19.6 Å². The molecular formula is C2HBF2NO2. The van der Waals surface area contributed by atoms with Gasteiger partial charge in [0.2, 0.25) is 0 Å². The predicted molar refractivity (Wildman–Crippen MR) is 19.9 cm³/mol. The molecule has 0 aromatic rings. The van der Waals surface area contributed by atoms with E-state index in [0.29, 0.717) is 7.62 Å². The molecule has 0 amide bonds. The minimum atomic E-state index is -3.51. The van der Waals surface area contributed by atoms with Crippen LogP contribution < -0.4 is 5.23 Å². The van der Waals surface area contributed by atoms with Gasteiger partial charge in [-0.05, 0) is 0 Å². The highest BCUT2D eigenvalue weighted by atomic mass is 19.3. The van der Waals surface area contributed by atoms with Gasteiger partial charge in [-0.3, -0.25) is 5.23 Å². The standard InChI is InChI=1S/C2HBF2NO2/c4-2(5)1(7)8-3-6-2/h6H. The molecule has 0 aliphatic carbocycles. The van der Waals surface area contributed by atoms with E-state index in [1.165, 1.54) is 5.23 Å². The smallest absolute Gasteiger partial charge is 0.485 e. The first-order valence-electron chi connectivity index (χ1n) is 1.81. The normalized spacial score (nSPS) is 24.5. The quantitative estimate of drug-likeness (QED) is 0.338. The Balaban J connectivity index is 2.68. The third kappa shape index (κ3) is 0.665. The van der Waals surface area contributed by atoms with Crippen molar-refractivity contribution in [2.45, 2.75) is 6.05 Å². The number of carbonyl (C=O) groups excluding carboxylic acids is 1. The lowest BCUT2D eigenvalue weighted by Gasteiger charge is -2.00. The van der Waals surface area contributed by atoms with Crippen LogP contribution in [0.1, 0.15) is 0 Å². The van der Waals surface area contributed by atoms with Crippen molar-refractivity contribution in [3.63, 3.8) is 0 Å². The van der Waals surface area contributed by atoms with Crippen LogP contribution in [0.15, 0.2) is 0 Å². The Morgan fingerprint density at radius 2 is 2.38 bits per heavy atom. The van der Waals surface area contributed by atoms with Crippen LogP contribution in [0, 0.1) is 0 Å². The van der Waals surface area contributed by atoms with E-state index in [2.05, 4.69) is 4.65 Å². The molecule has 1 N–H and O–H groups in total. The van der Waals surface area contributed by atoms with Gasteiger partial charge in [0.25, 0.3) is 0 Å². The number of halogens is 2. The minimum absolute atomic E-state index is 0.558. The van der Waals surface area contributed by atoms with Gasteiger partial charge in [0.05, 0.1) is 0 Å². The number of alkyl halides is 2. The molecule has 1 fully saturated rings. The van der Waals surface area contributed by atoms with E-state index in [-0.39, 0.29) is 0 Å². The maximum absolute atomic E-state index is 11.7. The van der Waals surface area contributed by atoms with E-state index in [4.69, 9.17) is 0 Å². The number of hydrogen-bond acceptors (Lipinski definition) is 3. The number of hydrogen-bond donors (Lipinski definition) is 1. The molecule has 0 aromatic carbocycles. The van der Waals surface area contributed by atoms with Crippen LogP contribution in [0.4, 0.5) is 8.78 Å². The maximum Gasteiger partial charge on any atom is 0.485 e. The Kier molecular flexibility index (Phi) is 0.970. The van der Waals surface area contributed by atoms with Gasteiger partial charge in [-0.15, -0.1) is 0 Å². The Hall–Kier alpha value is -0.645. The van der Waals surface area contributed by atoms with E-state index >= 15 is 0 Å². The lowest BCUT2D eigenvalue weighted by Crippen LogP contribution is -2.35. The Morgan fingerprint density at radius 1 is 1.75 bits per heavy atom. The van der Waals surface area contributed by atoms with E-state index in [1.54, 1.807) is 0 Å². The van der Waals surface area contributed by atoms with Crippen LogP contribution in [0.3, 0.4) is 0 Å². The molecule has 0 spiro atoms. The van der Waals surface area contributed by atoms with Gasteiger partial charge < -0.3 is 4.65 Å². The summed E-state index contributed by atoms with van der Waals surface area (Å²) < 4.78 is 27.2. The highest BCUT2D eigenvalue weighted by Gasteiger charge is 2.46. The molecule has 3 nitrogen and oxygen atoms in total. The fourth-order valence-corrected chi connectivity index (χ4v) is 0.290. The Labute approximate surface area is 44.3 Å². The second kappa shape index (κ2) is 1.41. The molecule has 0 saturated carbocycles.